The van der Waals surface area contributed by atoms with Gasteiger partial charge in [0.05, 0.1) is 11.3 Å². The molecule has 1 saturated carbocycles. The first kappa shape index (κ1) is 19.9. The quantitative estimate of drug-likeness (QED) is 0.711. The molecule has 0 saturated heterocycles. The minimum Gasteiger partial charge on any atom is -0.411 e. The van der Waals surface area contributed by atoms with Gasteiger partial charge in [0.2, 0.25) is 11.8 Å². The summed E-state index contributed by atoms with van der Waals surface area (Å²) < 4.78 is 5.59. The average Bonchev–Trinajstić information content (AvgIpc) is 3.17. The van der Waals surface area contributed by atoms with Crippen molar-refractivity contribution in [1.82, 2.24) is 20.5 Å². The second-order valence-corrected chi connectivity index (χ2v) is 8.79. The lowest BCUT2D eigenvalue weighted by molar-refractivity contribution is -0.119. The molecule has 2 aromatic rings. The van der Waals surface area contributed by atoms with Crippen LogP contribution in [-0.4, -0.2) is 32.9 Å². The van der Waals surface area contributed by atoms with E-state index in [1.54, 1.807) is 12.4 Å². The van der Waals surface area contributed by atoms with Crippen LogP contribution in [0.1, 0.15) is 52.9 Å². The maximum atomic E-state index is 12.3. The Kier molecular flexibility index (Phi) is 6.52. The number of hydrogen-bond donors (Lipinski definition) is 1. The fourth-order valence-corrected chi connectivity index (χ4v) is 4.15. The van der Waals surface area contributed by atoms with Crippen LogP contribution in [0.25, 0.3) is 11.5 Å². The van der Waals surface area contributed by atoms with Gasteiger partial charge in [0.25, 0.3) is 5.22 Å². The van der Waals surface area contributed by atoms with E-state index in [2.05, 4.69) is 41.3 Å². The summed E-state index contributed by atoms with van der Waals surface area (Å²) in [7, 11) is 0. The van der Waals surface area contributed by atoms with Crippen molar-refractivity contribution in [3.05, 3.63) is 24.5 Å². The zero-order valence-corrected chi connectivity index (χ0v) is 17.1. The summed E-state index contributed by atoms with van der Waals surface area (Å²) in [4.78, 5) is 16.3. The second kappa shape index (κ2) is 8.87. The number of carbonyl (C=O) groups is 1. The molecule has 2 aromatic heterocycles. The van der Waals surface area contributed by atoms with Crippen LogP contribution in [0, 0.1) is 11.3 Å². The number of aromatic nitrogens is 3. The number of nitrogens with one attached hydrogen (secondary N) is 1. The lowest BCUT2D eigenvalue weighted by Crippen LogP contribution is -2.40. The van der Waals surface area contributed by atoms with Gasteiger partial charge >= 0.3 is 0 Å². The molecular formula is C20H28N4O2S. The molecule has 0 spiro atoms. The third-order valence-corrected chi connectivity index (χ3v) is 6.57. The van der Waals surface area contributed by atoms with Crippen molar-refractivity contribution in [2.75, 3.05) is 5.75 Å². The zero-order chi connectivity index (χ0) is 19.3. The molecule has 27 heavy (non-hydrogen) atoms. The van der Waals surface area contributed by atoms with Gasteiger partial charge < -0.3 is 9.73 Å². The van der Waals surface area contributed by atoms with Crippen LogP contribution < -0.4 is 5.32 Å². The maximum absolute atomic E-state index is 12.3. The summed E-state index contributed by atoms with van der Waals surface area (Å²) >= 11 is 1.27. The molecule has 2 heterocycles. The number of carbonyl (C=O) groups excluding carboxylic acids is 1. The molecule has 1 amide bonds. The van der Waals surface area contributed by atoms with Crippen LogP contribution >= 0.6 is 11.8 Å². The number of pyridine rings is 1. The highest BCUT2D eigenvalue weighted by atomic mass is 32.2. The van der Waals surface area contributed by atoms with Crippen LogP contribution in [0.5, 0.6) is 0 Å². The lowest BCUT2D eigenvalue weighted by atomic mass is 9.69. The molecular weight excluding hydrogens is 360 g/mol. The third-order valence-electron chi connectivity index (χ3n) is 5.75. The predicted molar refractivity (Wildman–Crippen MR) is 106 cm³/mol. The summed E-state index contributed by atoms with van der Waals surface area (Å²) in [6.45, 7) is 6.98. The molecule has 7 heteroatoms. The Bertz CT molecular complexity index is 739. The van der Waals surface area contributed by atoms with Gasteiger partial charge in [-0.2, -0.15) is 0 Å². The zero-order valence-electron chi connectivity index (χ0n) is 16.3. The highest BCUT2D eigenvalue weighted by Crippen LogP contribution is 2.40. The molecule has 0 radical (unpaired) electrons. The van der Waals surface area contributed by atoms with Crippen molar-refractivity contribution in [2.24, 2.45) is 11.3 Å². The first-order chi connectivity index (χ1) is 13.0. The maximum Gasteiger partial charge on any atom is 0.277 e. The van der Waals surface area contributed by atoms with E-state index >= 15 is 0 Å². The van der Waals surface area contributed by atoms with Crippen LogP contribution in [-0.2, 0) is 4.79 Å². The summed E-state index contributed by atoms with van der Waals surface area (Å²) in [6.07, 6.45) is 9.08. The normalized spacial score (nSPS) is 20.4. The number of hydrogen-bond acceptors (Lipinski definition) is 6. The van der Waals surface area contributed by atoms with Crippen molar-refractivity contribution < 1.29 is 9.21 Å². The van der Waals surface area contributed by atoms with Crippen LogP contribution in [0.15, 0.2) is 34.2 Å². The van der Waals surface area contributed by atoms with Gasteiger partial charge in [0.1, 0.15) is 0 Å². The first-order valence-electron chi connectivity index (χ1n) is 9.64. The molecule has 146 valence electrons. The molecule has 1 N–H and O–H groups in total. The van der Waals surface area contributed by atoms with E-state index in [4.69, 9.17) is 4.42 Å². The third kappa shape index (κ3) is 5.31. The predicted octanol–water partition coefficient (Wildman–Crippen LogP) is 4.33. The molecule has 1 aliphatic carbocycles. The van der Waals surface area contributed by atoms with Crippen molar-refractivity contribution in [3.8, 4) is 11.5 Å². The molecule has 0 aromatic carbocycles. The number of thioether (sulfide) groups is 1. The average molecular weight is 389 g/mol. The summed E-state index contributed by atoms with van der Waals surface area (Å²) in [5.74, 6) is 1.49. The Morgan fingerprint density at radius 1 is 1.30 bits per heavy atom. The van der Waals surface area contributed by atoms with E-state index in [0.29, 0.717) is 16.5 Å². The smallest absolute Gasteiger partial charge is 0.277 e. The molecule has 0 aliphatic heterocycles. The topological polar surface area (TPSA) is 80.9 Å². The monoisotopic (exact) mass is 388 g/mol. The summed E-state index contributed by atoms with van der Waals surface area (Å²) in [5.41, 5.74) is 1.17. The Morgan fingerprint density at radius 3 is 2.74 bits per heavy atom. The van der Waals surface area contributed by atoms with Crippen molar-refractivity contribution in [2.45, 2.75) is 64.1 Å². The standard InChI is InChI=1S/C20H28N4O2S/c1-4-20(2,3)15-7-9-16(10-8-15)22-17(25)13-27-19-24-23-18(26-19)14-6-5-11-21-12-14/h5-6,11-12,15-16H,4,7-10,13H2,1-3H3,(H,22,25). The highest BCUT2D eigenvalue weighted by Gasteiger charge is 2.32. The van der Waals surface area contributed by atoms with Gasteiger partial charge in [0.15, 0.2) is 0 Å². The summed E-state index contributed by atoms with van der Waals surface area (Å²) in [5, 5.41) is 11.6. The van der Waals surface area contributed by atoms with Gasteiger partial charge in [-0.25, -0.2) is 0 Å². The van der Waals surface area contributed by atoms with E-state index in [0.717, 1.165) is 24.3 Å². The van der Waals surface area contributed by atoms with Gasteiger partial charge in [0, 0.05) is 18.4 Å². The van der Waals surface area contributed by atoms with Crippen molar-refractivity contribution in [1.29, 1.82) is 0 Å². The van der Waals surface area contributed by atoms with Gasteiger partial charge in [-0.3, -0.25) is 9.78 Å². The van der Waals surface area contributed by atoms with Crippen LogP contribution in [0.3, 0.4) is 0 Å². The van der Waals surface area contributed by atoms with E-state index in [1.165, 1.54) is 31.0 Å². The fraction of sp³-hybridized carbons (Fsp3) is 0.600. The molecule has 0 unspecified atom stereocenters. The van der Waals surface area contributed by atoms with Crippen LogP contribution in [0.2, 0.25) is 0 Å². The Hall–Kier alpha value is -1.89. The molecule has 6 nitrogen and oxygen atoms in total. The van der Waals surface area contributed by atoms with Gasteiger partial charge in [-0.15, -0.1) is 10.2 Å². The van der Waals surface area contributed by atoms with E-state index in [1.807, 2.05) is 12.1 Å². The minimum absolute atomic E-state index is 0.0272. The highest BCUT2D eigenvalue weighted by molar-refractivity contribution is 7.99. The van der Waals surface area contributed by atoms with E-state index < -0.39 is 0 Å². The summed E-state index contributed by atoms with van der Waals surface area (Å²) in [6, 6.07) is 3.96. The number of nitrogens with zero attached hydrogens (tertiary/aromatic N) is 3. The SMILES string of the molecule is CCC(C)(C)C1CCC(NC(=O)CSc2nnc(-c3cccnc3)o2)CC1. The minimum atomic E-state index is 0.0272. The molecule has 3 rings (SSSR count). The van der Waals surface area contributed by atoms with E-state index in [-0.39, 0.29) is 17.7 Å². The van der Waals surface area contributed by atoms with Crippen molar-refractivity contribution >= 4 is 17.7 Å². The lowest BCUT2D eigenvalue weighted by Gasteiger charge is -2.39. The number of rotatable bonds is 7. The van der Waals surface area contributed by atoms with E-state index in [9.17, 15) is 4.79 Å². The van der Waals surface area contributed by atoms with Crippen LogP contribution in [0.4, 0.5) is 0 Å². The van der Waals surface area contributed by atoms with Gasteiger partial charge in [-0.05, 0) is 49.1 Å². The Balaban J connectivity index is 1.43. The largest absolute Gasteiger partial charge is 0.411 e. The van der Waals surface area contributed by atoms with Gasteiger partial charge in [-0.1, -0.05) is 39.0 Å². The molecule has 1 aliphatic rings. The Morgan fingerprint density at radius 2 is 2.07 bits per heavy atom. The molecule has 1 fully saturated rings. The molecule has 0 atom stereocenters. The second-order valence-electron chi connectivity index (χ2n) is 7.86. The molecule has 0 bridgehead atoms. The first-order valence-corrected chi connectivity index (χ1v) is 10.6. The van der Waals surface area contributed by atoms with Crippen molar-refractivity contribution in [3.63, 3.8) is 0 Å². The number of amides is 1. The Labute approximate surface area is 164 Å². The fourth-order valence-electron chi connectivity index (χ4n) is 3.58.